The molecule has 2 amide bonds. The molecule has 0 spiro atoms. The van der Waals surface area contributed by atoms with E-state index in [1.165, 1.54) is 7.05 Å². The van der Waals surface area contributed by atoms with Gasteiger partial charge >= 0.3 is 0 Å². The summed E-state index contributed by atoms with van der Waals surface area (Å²) >= 11 is 0. The van der Waals surface area contributed by atoms with E-state index in [1.54, 1.807) is 13.8 Å². The molecule has 3 aliphatic rings. The molecule has 3 rings (SSSR count). The maximum absolute atomic E-state index is 12.1. The lowest BCUT2D eigenvalue weighted by Gasteiger charge is -2.40. The van der Waals surface area contributed by atoms with E-state index in [4.69, 9.17) is 23.7 Å². The highest BCUT2D eigenvalue weighted by molar-refractivity contribution is 5.83. The third-order valence-corrected chi connectivity index (χ3v) is 4.66. The highest BCUT2D eigenvalue weighted by Gasteiger charge is 2.65. The Kier molecular flexibility index (Phi) is 5.04. The number of hydrogen-bond acceptors (Lipinski definition) is 7. The predicted octanol–water partition coefficient (Wildman–Crippen LogP) is 0.0269. The molecule has 0 radical (unpaired) electrons. The molecule has 3 fully saturated rings. The topological polar surface area (TPSA) is 104 Å². The van der Waals surface area contributed by atoms with Gasteiger partial charge in [-0.3, -0.25) is 9.59 Å². The molecule has 0 unspecified atom stereocenters. The van der Waals surface area contributed by atoms with E-state index < -0.39 is 23.5 Å². The number of carbonyl (C=O) groups is 2. The second-order valence-electron chi connectivity index (χ2n) is 7.75. The number of ether oxygens (including phenoxy) is 5. The molecular formula is C17H28N2O7. The molecule has 0 aliphatic carbocycles. The molecular weight excluding hydrogens is 344 g/mol. The zero-order valence-corrected chi connectivity index (χ0v) is 15.9. The van der Waals surface area contributed by atoms with Gasteiger partial charge in [-0.2, -0.15) is 0 Å². The summed E-state index contributed by atoms with van der Waals surface area (Å²) in [5.74, 6) is -3.22. The van der Waals surface area contributed by atoms with E-state index in [1.807, 2.05) is 13.8 Å². The van der Waals surface area contributed by atoms with Crippen molar-refractivity contribution < 1.29 is 33.3 Å². The second kappa shape index (κ2) is 6.72. The van der Waals surface area contributed by atoms with Crippen LogP contribution in [-0.2, 0) is 33.3 Å². The van der Waals surface area contributed by atoms with Crippen LogP contribution in [0.5, 0.6) is 0 Å². The molecule has 0 bridgehead atoms. The van der Waals surface area contributed by atoms with Crippen molar-refractivity contribution in [2.75, 3.05) is 20.2 Å². The second-order valence-corrected chi connectivity index (χ2v) is 7.75. The molecule has 9 nitrogen and oxygen atoms in total. The smallest absolute Gasteiger partial charge is 0.220 e. The predicted molar refractivity (Wildman–Crippen MR) is 88.9 cm³/mol. The average molecular weight is 372 g/mol. The summed E-state index contributed by atoms with van der Waals surface area (Å²) < 4.78 is 29.9. The summed E-state index contributed by atoms with van der Waals surface area (Å²) in [4.78, 5) is 23.4. The SMILES string of the molecule is CNC(=O)CCC(=O)NC[C@@]12OC[C@H]3OC(C)(C)O[C@H]3[C@@H]1OC(C)(C)O2. The summed E-state index contributed by atoms with van der Waals surface area (Å²) in [5.41, 5.74) is 0. The lowest BCUT2D eigenvalue weighted by atomic mass is 9.97. The summed E-state index contributed by atoms with van der Waals surface area (Å²) in [5, 5.41) is 5.27. The molecule has 3 saturated heterocycles. The maximum atomic E-state index is 12.1. The minimum Gasteiger partial charge on any atom is -0.359 e. The van der Waals surface area contributed by atoms with Gasteiger partial charge in [0.05, 0.1) is 13.2 Å². The lowest BCUT2D eigenvalue weighted by Crippen LogP contribution is -2.62. The molecule has 9 heteroatoms. The lowest BCUT2D eigenvalue weighted by molar-refractivity contribution is -0.277. The van der Waals surface area contributed by atoms with E-state index >= 15 is 0 Å². The van der Waals surface area contributed by atoms with Crippen LogP contribution in [0.3, 0.4) is 0 Å². The van der Waals surface area contributed by atoms with Crippen molar-refractivity contribution in [3.63, 3.8) is 0 Å². The van der Waals surface area contributed by atoms with Crippen LogP contribution >= 0.6 is 0 Å². The Morgan fingerprint density at radius 3 is 2.38 bits per heavy atom. The van der Waals surface area contributed by atoms with Crippen molar-refractivity contribution in [2.45, 2.75) is 76.2 Å². The van der Waals surface area contributed by atoms with Gasteiger partial charge in [0.2, 0.25) is 17.6 Å². The maximum Gasteiger partial charge on any atom is 0.220 e. The molecule has 3 heterocycles. The highest BCUT2D eigenvalue weighted by atomic mass is 16.9. The fourth-order valence-corrected chi connectivity index (χ4v) is 3.64. The monoisotopic (exact) mass is 372 g/mol. The molecule has 148 valence electrons. The van der Waals surface area contributed by atoms with Gasteiger partial charge in [-0.05, 0) is 27.7 Å². The van der Waals surface area contributed by atoms with E-state index in [-0.39, 0.29) is 50.0 Å². The first kappa shape index (κ1) is 19.5. The van der Waals surface area contributed by atoms with Crippen LogP contribution in [0.15, 0.2) is 0 Å². The van der Waals surface area contributed by atoms with Crippen LogP contribution in [0.1, 0.15) is 40.5 Å². The van der Waals surface area contributed by atoms with Crippen molar-refractivity contribution in [3.05, 3.63) is 0 Å². The van der Waals surface area contributed by atoms with E-state index in [9.17, 15) is 9.59 Å². The van der Waals surface area contributed by atoms with Gasteiger partial charge in [0.25, 0.3) is 0 Å². The first-order chi connectivity index (χ1) is 12.1. The van der Waals surface area contributed by atoms with Gasteiger partial charge in [0.1, 0.15) is 18.3 Å². The summed E-state index contributed by atoms with van der Waals surface area (Å²) in [6, 6.07) is 0. The van der Waals surface area contributed by atoms with Gasteiger partial charge in [-0.15, -0.1) is 0 Å². The molecule has 2 N–H and O–H groups in total. The van der Waals surface area contributed by atoms with Gasteiger partial charge in [-0.25, -0.2) is 0 Å². The Labute approximate surface area is 153 Å². The number of carbonyl (C=O) groups excluding carboxylic acids is 2. The van der Waals surface area contributed by atoms with E-state index in [2.05, 4.69) is 10.6 Å². The van der Waals surface area contributed by atoms with Crippen molar-refractivity contribution in [1.82, 2.24) is 10.6 Å². The molecule has 3 aliphatic heterocycles. The number of amides is 2. The Morgan fingerprint density at radius 1 is 1.00 bits per heavy atom. The fourth-order valence-electron chi connectivity index (χ4n) is 3.64. The Hall–Kier alpha value is -1.26. The molecule has 0 saturated carbocycles. The van der Waals surface area contributed by atoms with Gasteiger partial charge in [0.15, 0.2) is 11.6 Å². The number of rotatable bonds is 5. The first-order valence-electron chi connectivity index (χ1n) is 8.91. The van der Waals surface area contributed by atoms with Crippen molar-refractivity contribution in [1.29, 1.82) is 0 Å². The summed E-state index contributed by atoms with van der Waals surface area (Å²) in [7, 11) is 1.53. The number of hydrogen-bond donors (Lipinski definition) is 2. The van der Waals surface area contributed by atoms with E-state index in [0.717, 1.165) is 0 Å². The zero-order chi connectivity index (χ0) is 19.2. The third-order valence-electron chi connectivity index (χ3n) is 4.66. The Bertz CT molecular complexity index is 579. The zero-order valence-electron chi connectivity index (χ0n) is 15.9. The van der Waals surface area contributed by atoms with Crippen LogP contribution in [0, 0.1) is 0 Å². The van der Waals surface area contributed by atoms with Crippen LogP contribution in [0.4, 0.5) is 0 Å². The minimum atomic E-state index is -1.16. The highest BCUT2D eigenvalue weighted by Crippen LogP contribution is 2.47. The number of fused-ring (bicyclic) bond motifs is 3. The molecule has 26 heavy (non-hydrogen) atoms. The Balaban J connectivity index is 1.68. The largest absolute Gasteiger partial charge is 0.359 e. The number of nitrogens with one attached hydrogen (secondary N) is 2. The first-order valence-corrected chi connectivity index (χ1v) is 8.91. The third kappa shape index (κ3) is 3.86. The summed E-state index contributed by atoms with van der Waals surface area (Å²) in [6.07, 6.45) is -0.952. The molecule has 0 aromatic heterocycles. The fraction of sp³-hybridized carbons (Fsp3) is 0.882. The van der Waals surface area contributed by atoms with Crippen molar-refractivity contribution in [3.8, 4) is 0 Å². The molecule has 0 aromatic rings. The van der Waals surface area contributed by atoms with Crippen LogP contribution in [0.2, 0.25) is 0 Å². The average Bonchev–Trinajstić information content (AvgIpc) is 3.02. The van der Waals surface area contributed by atoms with Gasteiger partial charge < -0.3 is 34.3 Å². The normalized spacial score (nSPS) is 36.9. The van der Waals surface area contributed by atoms with Crippen LogP contribution in [-0.4, -0.2) is 67.7 Å². The van der Waals surface area contributed by atoms with Crippen molar-refractivity contribution in [2.24, 2.45) is 0 Å². The molecule has 0 aromatic carbocycles. The van der Waals surface area contributed by atoms with Gasteiger partial charge in [0, 0.05) is 19.9 Å². The summed E-state index contributed by atoms with van der Waals surface area (Å²) in [6.45, 7) is 7.64. The Morgan fingerprint density at radius 2 is 1.69 bits per heavy atom. The quantitative estimate of drug-likeness (QED) is 0.701. The van der Waals surface area contributed by atoms with Crippen LogP contribution < -0.4 is 10.6 Å². The van der Waals surface area contributed by atoms with Gasteiger partial charge in [-0.1, -0.05) is 0 Å². The van der Waals surface area contributed by atoms with E-state index in [0.29, 0.717) is 0 Å². The van der Waals surface area contributed by atoms with Crippen LogP contribution in [0.25, 0.3) is 0 Å². The van der Waals surface area contributed by atoms with Crippen molar-refractivity contribution >= 4 is 11.8 Å². The molecule has 4 atom stereocenters. The standard InChI is InChI=1S/C17H28N2O7/c1-15(2)23-10-8-22-17(9-19-12(21)7-6-11(20)18-5)14(13(10)24-15)25-16(3,4)26-17/h10,13-14H,6-9H2,1-5H3,(H,18,20)(H,19,21)/t10-,13-,14+,17+/m1/s1. The minimum absolute atomic E-state index is 0.0867.